The summed E-state index contributed by atoms with van der Waals surface area (Å²) >= 11 is 0. The second kappa shape index (κ2) is 9.85. The van der Waals surface area contributed by atoms with Gasteiger partial charge in [-0.25, -0.2) is 0 Å². The van der Waals surface area contributed by atoms with Crippen LogP contribution in [0.3, 0.4) is 0 Å². The molecule has 2 aromatic carbocycles. The van der Waals surface area contributed by atoms with Crippen molar-refractivity contribution >= 4 is 11.6 Å². The predicted molar refractivity (Wildman–Crippen MR) is 134 cm³/mol. The molecule has 0 spiro atoms. The number of nitrogens with one attached hydrogen (secondary N) is 1. The number of carbonyl (C=O) groups is 1. The minimum Gasteiger partial charge on any atom is -0.497 e. The molecule has 1 saturated heterocycles. The molecule has 1 aromatic heterocycles. The van der Waals surface area contributed by atoms with E-state index in [0.29, 0.717) is 35.4 Å². The molecule has 6 nitrogen and oxygen atoms in total. The van der Waals surface area contributed by atoms with Gasteiger partial charge in [-0.2, -0.15) is 0 Å². The van der Waals surface area contributed by atoms with Gasteiger partial charge >= 0.3 is 0 Å². The third kappa shape index (κ3) is 4.77. The van der Waals surface area contributed by atoms with E-state index in [1.54, 1.807) is 37.4 Å². The summed E-state index contributed by atoms with van der Waals surface area (Å²) in [6, 6.07) is 21.3. The number of piperidine rings is 1. The molecular weight excluding hydrogens is 426 g/mol. The van der Waals surface area contributed by atoms with Gasteiger partial charge in [0.05, 0.1) is 7.11 Å². The van der Waals surface area contributed by atoms with Crippen molar-refractivity contribution in [3.63, 3.8) is 0 Å². The van der Waals surface area contributed by atoms with Gasteiger partial charge in [-0.05, 0) is 73.7 Å². The molecular formula is C28H31N3O3. The summed E-state index contributed by atoms with van der Waals surface area (Å²) in [6.07, 6.45) is 3.37. The Balaban J connectivity index is 1.25. The molecule has 0 aliphatic carbocycles. The maximum Gasteiger partial charge on any atom is 0.274 e. The highest BCUT2D eigenvalue weighted by Crippen LogP contribution is 2.35. The number of pyridine rings is 1. The van der Waals surface area contributed by atoms with Crippen molar-refractivity contribution in [3.8, 4) is 5.75 Å². The first-order valence-corrected chi connectivity index (χ1v) is 12.1. The molecule has 3 aromatic rings. The van der Waals surface area contributed by atoms with Gasteiger partial charge in [0.25, 0.3) is 11.5 Å². The fourth-order valence-corrected chi connectivity index (χ4v) is 5.41. The normalized spacial score (nSPS) is 19.3. The second-order valence-electron chi connectivity index (χ2n) is 9.42. The van der Waals surface area contributed by atoms with Crippen molar-refractivity contribution in [2.45, 2.75) is 31.7 Å². The van der Waals surface area contributed by atoms with Crippen LogP contribution in [0.4, 0.5) is 5.69 Å². The van der Waals surface area contributed by atoms with E-state index in [4.69, 9.17) is 4.74 Å². The molecule has 1 N–H and O–H groups in total. The van der Waals surface area contributed by atoms with Crippen molar-refractivity contribution < 1.29 is 9.53 Å². The highest BCUT2D eigenvalue weighted by molar-refractivity contribution is 6.04. The van der Waals surface area contributed by atoms with Gasteiger partial charge in [0.2, 0.25) is 0 Å². The fourth-order valence-electron chi connectivity index (χ4n) is 5.41. The van der Waals surface area contributed by atoms with Crippen LogP contribution in [-0.4, -0.2) is 42.1 Å². The lowest BCUT2D eigenvalue weighted by Crippen LogP contribution is -2.47. The lowest BCUT2D eigenvalue weighted by atomic mass is 9.83. The number of amides is 1. The lowest BCUT2D eigenvalue weighted by Gasteiger charge is -2.43. The van der Waals surface area contributed by atoms with E-state index in [0.717, 1.165) is 44.6 Å². The van der Waals surface area contributed by atoms with Crippen molar-refractivity contribution in [2.75, 3.05) is 32.1 Å². The van der Waals surface area contributed by atoms with Crippen LogP contribution in [0.5, 0.6) is 5.75 Å². The van der Waals surface area contributed by atoms with E-state index in [-0.39, 0.29) is 11.5 Å². The highest BCUT2D eigenvalue weighted by atomic mass is 16.5. The predicted octanol–water partition coefficient (Wildman–Crippen LogP) is 4.16. The maximum atomic E-state index is 13.2. The van der Waals surface area contributed by atoms with Crippen LogP contribution in [0, 0.1) is 5.92 Å². The van der Waals surface area contributed by atoms with Crippen LogP contribution in [0.15, 0.2) is 71.5 Å². The molecule has 0 radical (unpaired) electrons. The monoisotopic (exact) mass is 457 g/mol. The standard InChI is InChI=1S/C28H31N3O3/c1-34-24-11-9-22(10-12-24)27(32)29-25-13-14-26-23-16-21(18-31(26)28(25)33)17-30(19-23)15-5-8-20-6-3-2-4-7-20/h2-4,6-7,9-14,21,23H,5,8,15-19H2,1H3,(H,29,32). The number of nitrogens with zero attached hydrogens (tertiary/aromatic N) is 2. The number of methoxy groups -OCH3 is 1. The zero-order valence-corrected chi connectivity index (χ0v) is 19.6. The van der Waals surface area contributed by atoms with Gasteiger partial charge in [-0.1, -0.05) is 30.3 Å². The van der Waals surface area contributed by atoms with Gasteiger partial charge in [0, 0.05) is 36.8 Å². The number of likely N-dealkylation sites (tertiary alicyclic amines) is 1. The molecule has 5 rings (SSSR count). The zero-order valence-electron chi connectivity index (χ0n) is 19.6. The maximum absolute atomic E-state index is 13.2. The third-order valence-electron chi connectivity index (χ3n) is 7.06. The molecule has 2 unspecified atom stereocenters. The highest BCUT2D eigenvalue weighted by Gasteiger charge is 2.34. The third-order valence-corrected chi connectivity index (χ3v) is 7.06. The summed E-state index contributed by atoms with van der Waals surface area (Å²) in [5.74, 6) is 1.23. The van der Waals surface area contributed by atoms with Crippen molar-refractivity contribution in [1.29, 1.82) is 0 Å². The number of anilines is 1. The van der Waals surface area contributed by atoms with Crippen LogP contribution in [0.1, 0.15) is 40.4 Å². The molecule has 1 amide bonds. The molecule has 0 saturated carbocycles. The molecule has 2 atom stereocenters. The summed E-state index contributed by atoms with van der Waals surface area (Å²) in [7, 11) is 1.59. The Bertz CT molecular complexity index is 1200. The number of aryl methyl sites for hydroxylation is 1. The number of hydrogen-bond donors (Lipinski definition) is 1. The number of ether oxygens (including phenoxy) is 1. The summed E-state index contributed by atoms with van der Waals surface area (Å²) in [4.78, 5) is 28.5. The Kier molecular flexibility index (Phi) is 6.50. The molecule has 3 heterocycles. The van der Waals surface area contributed by atoms with Crippen molar-refractivity contribution in [3.05, 3.63) is 93.9 Å². The number of fused-ring (bicyclic) bond motifs is 4. The van der Waals surface area contributed by atoms with Crippen molar-refractivity contribution in [2.24, 2.45) is 5.92 Å². The van der Waals surface area contributed by atoms with E-state index in [2.05, 4.69) is 40.5 Å². The van der Waals surface area contributed by atoms with Crippen LogP contribution < -0.4 is 15.6 Å². The first kappa shape index (κ1) is 22.4. The van der Waals surface area contributed by atoms with E-state index in [9.17, 15) is 9.59 Å². The summed E-state index contributed by atoms with van der Waals surface area (Å²) in [5, 5.41) is 2.81. The average Bonchev–Trinajstić information content (AvgIpc) is 2.86. The Morgan fingerprint density at radius 1 is 1.00 bits per heavy atom. The Hall–Kier alpha value is -3.38. The van der Waals surface area contributed by atoms with Gasteiger partial charge in [-0.15, -0.1) is 0 Å². The minimum atomic E-state index is -0.291. The summed E-state index contributed by atoms with van der Waals surface area (Å²) in [6.45, 7) is 3.82. The molecule has 2 aliphatic rings. The molecule has 2 aliphatic heterocycles. The molecule has 1 fully saturated rings. The molecule has 176 valence electrons. The lowest BCUT2D eigenvalue weighted by molar-refractivity contribution is 0.102. The van der Waals surface area contributed by atoms with Crippen LogP contribution in [0.2, 0.25) is 0 Å². The number of hydrogen-bond acceptors (Lipinski definition) is 4. The first-order valence-electron chi connectivity index (χ1n) is 12.1. The quantitative estimate of drug-likeness (QED) is 0.579. The van der Waals surface area contributed by atoms with E-state index < -0.39 is 0 Å². The smallest absolute Gasteiger partial charge is 0.274 e. The molecule has 34 heavy (non-hydrogen) atoms. The topological polar surface area (TPSA) is 63.6 Å². The second-order valence-corrected chi connectivity index (χ2v) is 9.42. The number of benzene rings is 2. The largest absolute Gasteiger partial charge is 0.497 e. The average molecular weight is 458 g/mol. The Morgan fingerprint density at radius 2 is 1.79 bits per heavy atom. The van der Waals surface area contributed by atoms with Crippen LogP contribution in [0.25, 0.3) is 0 Å². The van der Waals surface area contributed by atoms with E-state index in [1.807, 2.05) is 10.6 Å². The fraction of sp³-hybridized carbons (Fsp3) is 0.357. The number of rotatable bonds is 7. The van der Waals surface area contributed by atoms with Gasteiger partial charge < -0.3 is 19.5 Å². The Labute approximate surface area is 200 Å². The Morgan fingerprint density at radius 3 is 2.56 bits per heavy atom. The minimum absolute atomic E-state index is 0.105. The van der Waals surface area contributed by atoms with Crippen molar-refractivity contribution in [1.82, 2.24) is 9.47 Å². The van der Waals surface area contributed by atoms with Crippen LogP contribution in [-0.2, 0) is 13.0 Å². The van der Waals surface area contributed by atoms with Gasteiger partial charge in [0.15, 0.2) is 0 Å². The number of carbonyl (C=O) groups excluding carboxylic acids is 1. The van der Waals surface area contributed by atoms with Gasteiger partial charge in [-0.3, -0.25) is 9.59 Å². The SMILES string of the molecule is COc1ccc(C(=O)Nc2ccc3n(c2=O)CC2CC3CN(CCCc3ccccc3)C2)cc1. The van der Waals surface area contributed by atoms with E-state index >= 15 is 0 Å². The first-order chi connectivity index (χ1) is 16.6. The van der Waals surface area contributed by atoms with E-state index in [1.165, 1.54) is 5.56 Å². The molecule has 2 bridgehead atoms. The summed E-state index contributed by atoms with van der Waals surface area (Å²) in [5.41, 5.74) is 3.21. The summed E-state index contributed by atoms with van der Waals surface area (Å²) < 4.78 is 7.04. The molecule has 6 heteroatoms. The van der Waals surface area contributed by atoms with Gasteiger partial charge in [0.1, 0.15) is 11.4 Å². The zero-order chi connectivity index (χ0) is 23.5. The van der Waals surface area contributed by atoms with Crippen LogP contribution >= 0.6 is 0 Å². The number of aromatic nitrogens is 1.